The van der Waals surface area contributed by atoms with Crippen LogP contribution in [0.4, 0.5) is 5.95 Å². The Balaban J connectivity index is 1.55. The fraction of sp³-hybridized carbons (Fsp3) is 0.435. The molecule has 0 aliphatic carbocycles. The van der Waals surface area contributed by atoms with Crippen molar-refractivity contribution in [2.45, 2.75) is 32.4 Å². The predicted molar refractivity (Wildman–Crippen MR) is 116 cm³/mol. The van der Waals surface area contributed by atoms with Gasteiger partial charge in [0.25, 0.3) is 0 Å². The maximum absolute atomic E-state index is 5.52. The summed E-state index contributed by atoms with van der Waals surface area (Å²) >= 11 is 0. The molecule has 0 saturated carbocycles. The van der Waals surface area contributed by atoms with Crippen molar-refractivity contribution in [3.63, 3.8) is 0 Å². The predicted octanol–water partition coefficient (Wildman–Crippen LogP) is 2.73. The molecule has 2 aromatic carbocycles. The Kier molecular flexibility index (Phi) is 6.20. The van der Waals surface area contributed by atoms with E-state index >= 15 is 0 Å². The molecule has 0 unspecified atom stereocenters. The third-order valence-electron chi connectivity index (χ3n) is 5.83. The second-order valence-corrected chi connectivity index (χ2v) is 7.67. The Labute approximate surface area is 172 Å². The topological polar surface area (TPSA) is 52.8 Å². The van der Waals surface area contributed by atoms with E-state index in [1.165, 1.54) is 37.9 Å². The van der Waals surface area contributed by atoms with Gasteiger partial charge in [-0.1, -0.05) is 12.1 Å². The van der Waals surface area contributed by atoms with E-state index in [9.17, 15) is 0 Å². The minimum atomic E-state index is 0.625. The molecule has 0 spiro atoms. The Morgan fingerprint density at radius 1 is 1.03 bits per heavy atom. The molecule has 0 atom stereocenters. The van der Waals surface area contributed by atoms with Crippen molar-refractivity contribution in [3.05, 3.63) is 48.0 Å². The van der Waals surface area contributed by atoms with Gasteiger partial charge in [-0.15, -0.1) is 0 Å². The zero-order valence-electron chi connectivity index (χ0n) is 17.4. The summed E-state index contributed by atoms with van der Waals surface area (Å²) in [6.07, 6.45) is 4.08. The van der Waals surface area contributed by atoms with Crippen molar-refractivity contribution in [2.75, 3.05) is 39.2 Å². The zero-order valence-corrected chi connectivity index (χ0v) is 17.4. The Morgan fingerprint density at radius 3 is 2.66 bits per heavy atom. The molecule has 4 rings (SSSR count). The lowest BCUT2D eigenvalue weighted by atomic mass is 10.1. The number of likely N-dealkylation sites (tertiary alicyclic amines) is 1. The van der Waals surface area contributed by atoms with E-state index in [4.69, 9.17) is 14.5 Å². The van der Waals surface area contributed by atoms with Crippen molar-refractivity contribution in [1.29, 1.82) is 0 Å². The SMILES string of the molecule is COc1ccc(OC)c(CNc2nc3ccccc3n2CC[NH+]2CCCCC2)c1. The summed E-state index contributed by atoms with van der Waals surface area (Å²) in [7, 11) is 3.38. The number of imidazole rings is 1. The Hall–Kier alpha value is -2.73. The van der Waals surface area contributed by atoms with E-state index in [0.717, 1.165) is 41.6 Å². The van der Waals surface area contributed by atoms with E-state index in [2.05, 4.69) is 28.1 Å². The molecule has 6 heteroatoms. The van der Waals surface area contributed by atoms with Crippen LogP contribution in [0.15, 0.2) is 42.5 Å². The number of nitrogens with one attached hydrogen (secondary N) is 2. The first kappa shape index (κ1) is 19.6. The average molecular weight is 396 g/mol. The van der Waals surface area contributed by atoms with Crippen LogP contribution in [0.1, 0.15) is 24.8 Å². The Bertz CT molecular complexity index is 947. The molecule has 2 N–H and O–H groups in total. The number of fused-ring (bicyclic) bond motifs is 1. The molecule has 0 amide bonds. The number of ether oxygens (including phenoxy) is 2. The molecular weight excluding hydrogens is 364 g/mol. The van der Waals surface area contributed by atoms with Gasteiger partial charge in [0.05, 0.1) is 51.4 Å². The van der Waals surface area contributed by atoms with Gasteiger partial charge in [0, 0.05) is 12.1 Å². The number of hydrogen-bond acceptors (Lipinski definition) is 4. The summed E-state index contributed by atoms with van der Waals surface area (Å²) in [6, 6.07) is 14.2. The number of aromatic nitrogens is 2. The molecule has 6 nitrogen and oxygen atoms in total. The summed E-state index contributed by atoms with van der Waals surface area (Å²) in [4.78, 5) is 6.56. The van der Waals surface area contributed by atoms with Crippen molar-refractivity contribution in [2.24, 2.45) is 0 Å². The number of rotatable bonds is 8. The summed E-state index contributed by atoms with van der Waals surface area (Å²) in [5, 5.41) is 3.54. The molecular formula is C23H31N4O2+. The number of anilines is 1. The van der Waals surface area contributed by atoms with Crippen LogP contribution in [-0.4, -0.2) is 43.4 Å². The van der Waals surface area contributed by atoms with Gasteiger partial charge in [0.1, 0.15) is 11.5 Å². The maximum Gasteiger partial charge on any atom is 0.204 e. The van der Waals surface area contributed by atoms with Crippen LogP contribution in [0.2, 0.25) is 0 Å². The van der Waals surface area contributed by atoms with Crippen molar-refractivity contribution >= 4 is 17.0 Å². The molecule has 29 heavy (non-hydrogen) atoms. The lowest BCUT2D eigenvalue weighted by Crippen LogP contribution is -3.13. The highest BCUT2D eigenvalue weighted by Crippen LogP contribution is 2.26. The molecule has 3 aromatic rings. The highest BCUT2D eigenvalue weighted by atomic mass is 16.5. The first-order chi connectivity index (χ1) is 14.3. The summed E-state index contributed by atoms with van der Waals surface area (Å²) in [6.45, 7) is 5.30. The van der Waals surface area contributed by atoms with Gasteiger partial charge in [-0.3, -0.25) is 0 Å². The van der Waals surface area contributed by atoms with Gasteiger partial charge >= 0.3 is 0 Å². The molecule has 0 bridgehead atoms. The standard InChI is InChI=1S/C23H30N4O2/c1-28-19-10-11-22(29-2)18(16-19)17-24-23-25-20-8-4-5-9-21(20)27(23)15-14-26-12-6-3-7-13-26/h4-5,8-11,16H,3,6-7,12-15,17H2,1-2H3,(H,24,25)/p+1. The van der Waals surface area contributed by atoms with Gasteiger partial charge in [-0.2, -0.15) is 0 Å². The quantitative estimate of drug-likeness (QED) is 0.616. The molecule has 2 heterocycles. The van der Waals surface area contributed by atoms with Gasteiger partial charge in [0.15, 0.2) is 0 Å². The number of nitrogens with zero attached hydrogens (tertiary/aromatic N) is 2. The molecule has 1 aliphatic rings. The van der Waals surface area contributed by atoms with Gasteiger partial charge < -0.3 is 24.3 Å². The molecule has 1 aromatic heterocycles. The normalized spacial score (nSPS) is 14.8. The third-order valence-corrected chi connectivity index (χ3v) is 5.83. The van der Waals surface area contributed by atoms with Crippen molar-refractivity contribution < 1.29 is 14.4 Å². The summed E-state index contributed by atoms with van der Waals surface area (Å²) < 4.78 is 13.2. The molecule has 0 radical (unpaired) electrons. The monoisotopic (exact) mass is 395 g/mol. The van der Waals surface area contributed by atoms with Gasteiger partial charge in [0.2, 0.25) is 5.95 Å². The molecule has 1 saturated heterocycles. The lowest BCUT2D eigenvalue weighted by molar-refractivity contribution is -0.905. The number of hydrogen-bond donors (Lipinski definition) is 2. The van der Waals surface area contributed by atoms with Gasteiger partial charge in [-0.05, 0) is 49.6 Å². The van der Waals surface area contributed by atoms with Crippen LogP contribution in [-0.2, 0) is 13.1 Å². The van der Waals surface area contributed by atoms with Gasteiger partial charge in [-0.25, -0.2) is 4.98 Å². The molecule has 1 aliphatic heterocycles. The fourth-order valence-corrected chi connectivity index (χ4v) is 4.20. The van der Waals surface area contributed by atoms with Crippen molar-refractivity contribution in [3.8, 4) is 11.5 Å². The minimum Gasteiger partial charge on any atom is -0.497 e. The van der Waals surface area contributed by atoms with Crippen LogP contribution in [0.25, 0.3) is 11.0 Å². The van der Waals surface area contributed by atoms with Crippen LogP contribution in [0.3, 0.4) is 0 Å². The second kappa shape index (κ2) is 9.18. The number of piperidine rings is 1. The van der Waals surface area contributed by atoms with E-state index < -0.39 is 0 Å². The highest BCUT2D eigenvalue weighted by Gasteiger charge is 2.16. The van der Waals surface area contributed by atoms with E-state index in [1.54, 1.807) is 19.1 Å². The first-order valence-electron chi connectivity index (χ1n) is 10.5. The van der Waals surface area contributed by atoms with E-state index in [1.807, 2.05) is 24.3 Å². The second-order valence-electron chi connectivity index (χ2n) is 7.67. The van der Waals surface area contributed by atoms with Crippen LogP contribution in [0.5, 0.6) is 11.5 Å². The third kappa shape index (κ3) is 4.48. The largest absolute Gasteiger partial charge is 0.497 e. The van der Waals surface area contributed by atoms with E-state index in [-0.39, 0.29) is 0 Å². The van der Waals surface area contributed by atoms with Crippen LogP contribution >= 0.6 is 0 Å². The molecule has 1 fully saturated rings. The maximum atomic E-state index is 5.52. The molecule has 154 valence electrons. The average Bonchev–Trinajstić information content (AvgIpc) is 3.14. The lowest BCUT2D eigenvalue weighted by Gasteiger charge is -2.24. The smallest absolute Gasteiger partial charge is 0.204 e. The van der Waals surface area contributed by atoms with E-state index in [0.29, 0.717) is 6.54 Å². The summed E-state index contributed by atoms with van der Waals surface area (Å²) in [5.41, 5.74) is 3.26. The number of para-hydroxylation sites is 2. The van der Waals surface area contributed by atoms with Crippen LogP contribution in [0, 0.1) is 0 Å². The summed E-state index contributed by atoms with van der Waals surface area (Å²) in [5.74, 6) is 2.58. The number of methoxy groups -OCH3 is 2. The first-order valence-corrected chi connectivity index (χ1v) is 10.5. The Morgan fingerprint density at radius 2 is 1.86 bits per heavy atom. The highest BCUT2D eigenvalue weighted by molar-refractivity contribution is 5.78. The fourth-order valence-electron chi connectivity index (χ4n) is 4.20. The minimum absolute atomic E-state index is 0.625. The number of quaternary nitrogens is 1. The van der Waals surface area contributed by atoms with Crippen LogP contribution < -0.4 is 19.7 Å². The zero-order chi connectivity index (χ0) is 20.1. The number of benzene rings is 2. The van der Waals surface area contributed by atoms with Crippen molar-refractivity contribution in [1.82, 2.24) is 9.55 Å².